The lowest BCUT2D eigenvalue weighted by molar-refractivity contribution is 0.116. The van der Waals surface area contributed by atoms with Crippen LogP contribution in [-0.4, -0.2) is 19.3 Å². The number of para-hydroxylation sites is 1. The molecule has 23 heavy (non-hydrogen) atoms. The molecule has 2 N–H and O–H groups in total. The van der Waals surface area contributed by atoms with Gasteiger partial charge in [-0.3, -0.25) is 15.6 Å². The Balaban J connectivity index is 1.53. The summed E-state index contributed by atoms with van der Waals surface area (Å²) in [7, 11) is 0. The Morgan fingerprint density at radius 3 is 2.87 bits per heavy atom. The summed E-state index contributed by atoms with van der Waals surface area (Å²) < 4.78 is 10.9. The lowest BCUT2D eigenvalue weighted by Crippen LogP contribution is -2.18. The van der Waals surface area contributed by atoms with Crippen molar-refractivity contribution in [1.29, 1.82) is 0 Å². The van der Waals surface area contributed by atoms with Crippen molar-refractivity contribution in [3.8, 4) is 11.5 Å². The number of amides is 1. The molecule has 6 nitrogen and oxygen atoms in total. The van der Waals surface area contributed by atoms with Gasteiger partial charge in [0.15, 0.2) is 0 Å². The zero-order chi connectivity index (χ0) is 15.6. The molecule has 0 aliphatic carbocycles. The minimum Gasteiger partial charge on any atom is -0.488 e. The van der Waals surface area contributed by atoms with Crippen LogP contribution in [0.25, 0.3) is 5.70 Å². The Kier molecular flexibility index (Phi) is 3.36. The van der Waals surface area contributed by atoms with Crippen LogP contribution in [0.1, 0.15) is 5.56 Å². The van der Waals surface area contributed by atoms with Crippen LogP contribution in [0, 0.1) is 0 Å². The average Bonchev–Trinajstić information content (AvgIpc) is 3.05. The van der Waals surface area contributed by atoms with Crippen LogP contribution >= 0.6 is 0 Å². The molecule has 2 aliphatic rings. The summed E-state index contributed by atoms with van der Waals surface area (Å²) in [6, 6.07) is 14.3. The second-order valence-corrected chi connectivity index (χ2v) is 5.20. The highest BCUT2D eigenvalue weighted by Gasteiger charge is 2.25. The number of carbonyl (C=O) groups is 1. The highest BCUT2D eigenvalue weighted by atomic mass is 16.7. The second kappa shape index (κ2) is 5.66. The molecule has 0 saturated heterocycles. The summed E-state index contributed by atoms with van der Waals surface area (Å²) in [6.45, 7) is 1.01. The predicted molar refractivity (Wildman–Crippen MR) is 84.0 cm³/mol. The van der Waals surface area contributed by atoms with Gasteiger partial charge in [0.25, 0.3) is 0 Å². The summed E-state index contributed by atoms with van der Waals surface area (Å²) in [5, 5.41) is 2.71. The van der Waals surface area contributed by atoms with E-state index in [1.54, 1.807) is 30.3 Å². The molecule has 0 spiro atoms. The maximum absolute atomic E-state index is 12.0. The zero-order valence-electron chi connectivity index (χ0n) is 12.2. The van der Waals surface area contributed by atoms with Crippen molar-refractivity contribution in [2.45, 2.75) is 0 Å². The van der Waals surface area contributed by atoms with Gasteiger partial charge in [-0.2, -0.15) is 0 Å². The number of fused-ring (bicyclic) bond motifs is 2. The number of carbonyl (C=O) groups excluding carboxylic acids is 1. The Bertz CT molecular complexity index is 786. The quantitative estimate of drug-likeness (QED) is 0.892. The van der Waals surface area contributed by atoms with Crippen molar-refractivity contribution >= 4 is 17.5 Å². The van der Waals surface area contributed by atoms with Crippen molar-refractivity contribution in [3.05, 3.63) is 59.7 Å². The van der Waals surface area contributed by atoms with Crippen LogP contribution in [0.3, 0.4) is 0 Å². The van der Waals surface area contributed by atoms with E-state index in [2.05, 4.69) is 10.8 Å². The molecule has 0 unspecified atom stereocenters. The van der Waals surface area contributed by atoms with Gasteiger partial charge in [0.05, 0.1) is 5.70 Å². The maximum atomic E-state index is 12.0. The van der Waals surface area contributed by atoms with E-state index in [4.69, 9.17) is 14.3 Å². The Morgan fingerprint density at radius 1 is 1.13 bits per heavy atom. The molecule has 4 rings (SSSR count). The van der Waals surface area contributed by atoms with Gasteiger partial charge in [-0.15, -0.1) is 0 Å². The van der Waals surface area contributed by atoms with Crippen LogP contribution in [0.5, 0.6) is 11.5 Å². The molecule has 2 aromatic carbocycles. The van der Waals surface area contributed by atoms with E-state index in [1.165, 1.54) is 0 Å². The number of hydrogen-bond donors (Lipinski definition) is 2. The molecule has 6 heteroatoms. The molecule has 2 heterocycles. The van der Waals surface area contributed by atoms with Gasteiger partial charge < -0.3 is 9.47 Å². The molecule has 0 radical (unpaired) electrons. The third kappa shape index (κ3) is 2.72. The number of hydrogen-bond acceptors (Lipinski definition) is 5. The average molecular weight is 310 g/mol. The minimum absolute atomic E-state index is 0.488. The van der Waals surface area contributed by atoms with E-state index in [1.807, 2.05) is 18.2 Å². The lowest BCUT2D eigenvalue weighted by Gasteiger charge is -2.19. The van der Waals surface area contributed by atoms with Crippen molar-refractivity contribution in [3.63, 3.8) is 0 Å². The molecule has 1 amide bonds. The monoisotopic (exact) mass is 310 g/mol. The van der Waals surface area contributed by atoms with E-state index >= 15 is 0 Å². The molecule has 0 aromatic heterocycles. The van der Waals surface area contributed by atoms with Crippen molar-refractivity contribution in [2.24, 2.45) is 0 Å². The zero-order valence-corrected chi connectivity index (χ0v) is 12.2. The SMILES string of the molecule is O=C(Nc1ccc2c(c1)C1=C(CON1)CO2)Oc1ccccc1. The smallest absolute Gasteiger partial charge is 0.417 e. The number of hydroxylamine groups is 1. The van der Waals surface area contributed by atoms with E-state index < -0.39 is 6.09 Å². The predicted octanol–water partition coefficient (Wildman–Crippen LogP) is 2.94. The molecule has 116 valence electrons. The fourth-order valence-corrected chi connectivity index (χ4v) is 2.53. The van der Waals surface area contributed by atoms with Crippen LogP contribution in [0.4, 0.5) is 10.5 Å². The Hall–Kier alpha value is -2.99. The van der Waals surface area contributed by atoms with Crippen molar-refractivity contribution < 1.29 is 19.1 Å². The van der Waals surface area contributed by atoms with Gasteiger partial charge in [-0.25, -0.2) is 4.79 Å². The molecular weight excluding hydrogens is 296 g/mol. The fraction of sp³-hybridized carbons (Fsp3) is 0.118. The third-order valence-electron chi connectivity index (χ3n) is 3.63. The molecule has 0 fully saturated rings. The summed E-state index contributed by atoms with van der Waals surface area (Å²) in [4.78, 5) is 17.2. The first-order chi connectivity index (χ1) is 11.3. The largest absolute Gasteiger partial charge is 0.488 e. The van der Waals surface area contributed by atoms with E-state index in [-0.39, 0.29) is 0 Å². The van der Waals surface area contributed by atoms with Gasteiger partial charge in [-0.05, 0) is 30.3 Å². The highest BCUT2D eigenvalue weighted by molar-refractivity contribution is 5.88. The van der Waals surface area contributed by atoms with Crippen molar-refractivity contribution in [2.75, 3.05) is 18.5 Å². The number of benzene rings is 2. The summed E-state index contributed by atoms with van der Waals surface area (Å²) in [6.07, 6.45) is -0.544. The van der Waals surface area contributed by atoms with Crippen molar-refractivity contribution in [1.82, 2.24) is 5.48 Å². The van der Waals surface area contributed by atoms with Gasteiger partial charge in [0, 0.05) is 16.8 Å². The summed E-state index contributed by atoms with van der Waals surface area (Å²) in [5.41, 5.74) is 6.34. The molecular formula is C17H14N2O4. The first-order valence-electron chi connectivity index (χ1n) is 7.20. The highest BCUT2D eigenvalue weighted by Crippen LogP contribution is 2.35. The summed E-state index contributed by atoms with van der Waals surface area (Å²) >= 11 is 0. The first kappa shape index (κ1) is 13.7. The molecule has 0 atom stereocenters. The topological polar surface area (TPSA) is 68.8 Å². The van der Waals surface area contributed by atoms with Gasteiger partial charge in [0.1, 0.15) is 24.7 Å². The molecule has 0 saturated carbocycles. The van der Waals surface area contributed by atoms with Crippen LogP contribution < -0.4 is 20.3 Å². The van der Waals surface area contributed by atoms with Gasteiger partial charge in [0.2, 0.25) is 0 Å². The first-order valence-corrected chi connectivity index (χ1v) is 7.20. The molecule has 0 bridgehead atoms. The van der Waals surface area contributed by atoms with Gasteiger partial charge in [-0.1, -0.05) is 18.2 Å². The lowest BCUT2D eigenvalue weighted by atomic mass is 10.0. The fourth-order valence-electron chi connectivity index (χ4n) is 2.53. The minimum atomic E-state index is -0.544. The second-order valence-electron chi connectivity index (χ2n) is 5.20. The Labute approximate surface area is 132 Å². The number of anilines is 1. The van der Waals surface area contributed by atoms with E-state index in [0.717, 1.165) is 22.6 Å². The normalized spacial score (nSPS) is 15.1. The summed E-state index contributed by atoms with van der Waals surface area (Å²) in [5.74, 6) is 1.24. The van der Waals surface area contributed by atoms with Gasteiger partial charge >= 0.3 is 6.09 Å². The third-order valence-corrected chi connectivity index (χ3v) is 3.63. The van der Waals surface area contributed by atoms with Crippen LogP contribution in [0.15, 0.2) is 54.1 Å². The standard InChI is InChI=1S/C17H14N2O4/c20-17(23-13-4-2-1-3-5-13)18-12-6-7-15-14(8-12)16-11(9-21-15)10-22-19-16/h1-8,19H,9-10H2,(H,18,20). The number of rotatable bonds is 2. The van der Waals surface area contributed by atoms with Crippen LogP contribution in [-0.2, 0) is 4.84 Å². The maximum Gasteiger partial charge on any atom is 0.417 e. The van der Waals surface area contributed by atoms with E-state index in [0.29, 0.717) is 24.7 Å². The molecule has 2 aromatic rings. The van der Waals surface area contributed by atoms with E-state index in [9.17, 15) is 4.79 Å². The number of ether oxygens (including phenoxy) is 2. The molecule has 2 aliphatic heterocycles. The Morgan fingerprint density at radius 2 is 2.00 bits per heavy atom. The van der Waals surface area contributed by atoms with Crippen LogP contribution in [0.2, 0.25) is 0 Å². The number of nitrogens with one attached hydrogen (secondary N) is 2.